The average molecular weight is 388 g/mol. The van der Waals surface area contributed by atoms with E-state index in [1.165, 1.54) is 44.6 Å². The van der Waals surface area contributed by atoms with Crippen molar-refractivity contribution >= 4 is 15.7 Å². The van der Waals surface area contributed by atoms with Gasteiger partial charge in [-0.15, -0.1) is 0 Å². The van der Waals surface area contributed by atoms with Gasteiger partial charge in [0.15, 0.2) is 4.90 Å². The van der Waals surface area contributed by atoms with Crippen molar-refractivity contribution < 1.29 is 18.2 Å². The molecule has 2 aromatic carbocycles. The SMILES string of the molecule is O=[N+]([O-])c1ccccc1S(=O)(=O)N1CC[NH+](C2Cc3ccccc3C2)CC1. The van der Waals surface area contributed by atoms with E-state index in [4.69, 9.17) is 0 Å². The van der Waals surface area contributed by atoms with Crippen LogP contribution in [0, 0.1) is 10.1 Å². The lowest BCUT2D eigenvalue weighted by molar-refractivity contribution is -0.927. The first-order chi connectivity index (χ1) is 13.0. The van der Waals surface area contributed by atoms with Crippen LogP contribution in [0.4, 0.5) is 5.69 Å². The van der Waals surface area contributed by atoms with E-state index in [2.05, 4.69) is 24.3 Å². The quantitative estimate of drug-likeness (QED) is 0.616. The van der Waals surface area contributed by atoms with Crippen molar-refractivity contribution in [1.29, 1.82) is 0 Å². The first kappa shape index (κ1) is 18.1. The number of benzene rings is 2. The van der Waals surface area contributed by atoms with Crippen molar-refractivity contribution in [2.45, 2.75) is 23.8 Å². The van der Waals surface area contributed by atoms with Gasteiger partial charge in [0.1, 0.15) is 0 Å². The van der Waals surface area contributed by atoms with Crippen molar-refractivity contribution in [3.05, 3.63) is 69.8 Å². The number of nitrogens with zero attached hydrogens (tertiary/aromatic N) is 2. The van der Waals surface area contributed by atoms with E-state index in [-0.39, 0.29) is 10.6 Å². The maximum atomic E-state index is 12.9. The largest absolute Gasteiger partial charge is 0.330 e. The van der Waals surface area contributed by atoms with Crippen LogP contribution in [0.1, 0.15) is 11.1 Å². The van der Waals surface area contributed by atoms with Crippen molar-refractivity contribution in [3.63, 3.8) is 0 Å². The Kier molecular flexibility index (Phi) is 4.71. The molecule has 0 spiro atoms. The lowest BCUT2D eigenvalue weighted by atomic mass is 10.1. The molecule has 0 saturated carbocycles. The summed E-state index contributed by atoms with van der Waals surface area (Å²) in [4.78, 5) is 11.8. The summed E-state index contributed by atoms with van der Waals surface area (Å²) in [6, 6.07) is 14.5. The van der Waals surface area contributed by atoms with E-state index in [9.17, 15) is 18.5 Å². The van der Waals surface area contributed by atoms with Crippen LogP contribution in [0.5, 0.6) is 0 Å². The minimum atomic E-state index is -3.86. The Morgan fingerprint density at radius 2 is 1.52 bits per heavy atom. The average Bonchev–Trinajstić information content (AvgIpc) is 3.12. The summed E-state index contributed by atoms with van der Waals surface area (Å²) in [6.07, 6.45) is 2.06. The van der Waals surface area contributed by atoms with Gasteiger partial charge in [0.2, 0.25) is 10.0 Å². The summed E-state index contributed by atoms with van der Waals surface area (Å²) >= 11 is 0. The van der Waals surface area contributed by atoms with Crippen molar-refractivity contribution in [2.24, 2.45) is 0 Å². The fourth-order valence-electron chi connectivity index (χ4n) is 4.23. The molecule has 1 heterocycles. The number of nitrogens with one attached hydrogen (secondary N) is 1. The number of hydrogen-bond acceptors (Lipinski definition) is 4. The van der Waals surface area contributed by atoms with Crippen molar-refractivity contribution in [3.8, 4) is 0 Å². The van der Waals surface area contributed by atoms with Crippen LogP contribution in [0.25, 0.3) is 0 Å². The predicted octanol–water partition coefficient (Wildman–Crippen LogP) is 0.651. The molecule has 1 saturated heterocycles. The normalized spacial score (nSPS) is 19.1. The number of nitro groups is 1. The highest BCUT2D eigenvalue weighted by Gasteiger charge is 2.38. The summed E-state index contributed by atoms with van der Waals surface area (Å²) in [6.45, 7) is 2.21. The molecule has 0 radical (unpaired) electrons. The Bertz CT molecular complexity index is 943. The van der Waals surface area contributed by atoms with E-state index >= 15 is 0 Å². The molecule has 7 nitrogen and oxygen atoms in total. The van der Waals surface area contributed by atoms with E-state index in [1.807, 2.05) is 0 Å². The Morgan fingerprint density at radius 3 is 2.11 bits per heavy atom. The highest BCUT2D eigenvalue weighted by atomic mass is 32.2. The summed E-state index contributed by atoms with van der Waals surface area (Å²) in [5.74, 6) is 0. The van der Waals surface area contributed by atoms with Crippen molar-refractivity contribution in [2.75, 3.05) is 26.2 Å². The number of rotatable bonds is 4. The molecule has 0 unspecified atom stereocenters. The highest BCUT2D eigenvalue weighted by molar-refractivity contribution is 7.89. The summed E-state index contributed by atoms with van der Waals surface area (Å²) in [5, 5.41) is 11.2. The molecular formula is C19H22N3O4S+. The van der Waals surface area contributed by atoms with Crippen LogP contribution in [0.3, 0.4) is 0 Å². The number of para-hydroxylation sites is 1. The van der Waals surface area contributed by atoms with E-state index in [1.54, 1.807) is 0 Å². The van der Waals surface area contributed by atoms with Crippen LogP contribution in [-0.2, 0) is 22.9 Å². The zero-order chi connectivity index (χ0) is 19.0. The molecule has 0 aromatic heterocycles. The minimum Gasteiger partial charge on any atom is -0.330 e. The van der Waals surface area contributed by atoms with Gasteiger partial charge in [-0.3, -0.25) is 10.1 Å². The molecule has 0 atom stereocenters. The van der Waals surface area contributed by atoms with E-state index in [0.717, 1.165) is 25.9 Å². The van der Waals surface area contributed by atoms with Gasteiger partial charge in [-0.25, -0.2) is 8.42 Å². The molecule has 2 aromatic rings. The fraction of sp³-hybridized carbons (Fsp3) is 0.368. The van der Waals surface area contributed by atoms with Gasteiger partial charge in [0.05, 0.1) is 37.1 Å². The predicted molar refractivity (Wildman–Crippen MR) is 100 cm³/mol. The smallest absolute Gasteiger partial charge is 0.289 e. The third kappa shape index (κ3) is 3.36. The molecule has 27 heavy (non-hydrogen) atoms. The monoisotopic (exact) mass is 388 g/mol. The van der Waals surface area contributed by atoms with Gasteiger partial charge in [-0.05, 0) is 17.2 Å². The van der Waals surface area contributed by atoms with Crippen LogP contribution < -0.4 is 4.90 Å². The van der Waals surface area contributed by atoms with Crippen LogP contribution in [-0.4, -0.2) is 49.9 Å². The second-order valence-corrected chi connectivity index (χ2v) is 9.07. The molecule has 8 heteroatoms. The molecule has 1 fully saturated rings. The van der Waals surface area contributed by atoms with Gasteiger partial charge >= 0.3 is 0 Å². The minimum absolute atomic E-state index is 0.216. The Hall–Kier alpha value is -2.29. The van der Waals surface area contributed by atoms with Crippen LogP contribution in [0.15, 0.2) is 53.4 Å². The molecule has 0 bridgehead atoms. The number of nitro benzene ring substituents is 1. The second kappa shape index (κ2) is 7.03. The topological polar surface area (TPSA) is 85.0 Å². The lowest BCUT2D eigenvalue weighted by Gasteiger charge is -2.34. The van der Waals surface area contributed by atoms with Gasteiger partial charge in [0.25, 0.3) is 5.69 Å². The standard InChI is InChI=1S/C19H21N3O4S/c23-22(24)18-7-3-4-8-19(18)27(25,26)21-11-9-20(10-12-21)17-13-15-5-1-2-6-16(15)14-17/h1-8,17H,9-14H2/p+1. The number of sulfonamides is 1. The van der Waals surface area contributed by atoms with E-state index in [0.29, 0.717) is 19.1 Å². The molecule has 1 aliphatic heterocycles. The maximum Gasteiger partial charge on any atom is 0.289 e. The number of fused-ring (bicyclic) bond motifs is 1. The first-order valence-corrected chi connectivity index (χ1v) is 10.6. The number of quaternary nitrogens is 1. The third-order valence-corrected chi connectivity index (χ3v) is 7.62. The zero-order valence-electron chi connectivity index (χ0n) is 14.9. The summed E-state index contributed by atoms with van der Waals surface area (Å²) in [5.41, 5.74) is 2.42. The second-order valence-electron chi connectivity index (χ2n) is 7.16. The van der Waals surface area contributed by atoms with Crippen LogP contribution >= 0.6 is 0 Å². The van der Waals surface area contributed by atoms with Gasteiger partial charge in [0, 0.05) is 18.9 Å². The van der Waals surface area contributed by atoms with Gasteiger partial charge in [-0.1, -0.05) is 36.4 Å². The molecule has 1 aliphatic carbocycles. The fourth-order valence-corrected chi connectivity index (χ4v) is 5.83. The van der Waals surface area contributed by atoms with Crippen LogP contribution in [0.2, 0.25) is 0 Å². The molecular weight excluding hydrogens is 366 g/mol. The Balaban J connectivity index is 1.46. The molecule has 142 valence electrons. The summed E-state index contributed by atoms with van der Waals surface area (Å²) < 4.78 is 27.3. The molecule has 4 rings (SSSR count). The molecule has 1 N–H and O–H groups in total. The van der Waals surface area contributed by atoms with Crippen molar-refractivity contribution in [1.82, 2.24) is 4.31 Å². The Labute approximate surface area is 158 Å². The third-order valence-electron chi connectivity index (χ3n) is 5.67. The maximum absolute atomic E-state index is 12.9. The zero-order valence-corrected chi connectivity index (χ0v) is 15.7. The lowest BCUT2D eigenvalue weighted by Crippen LogP contribution is -3.18. The number of hydrogen-bond donors (Lipinski definition) is 1. The molecule has 2 aliphatic rings. The highest BCUT2D eigenvalue weighted by Crippen LogP contribution is 2.26. The van der Waals surface area contributed by atoms with Gasteiger partial charge in [-0.2, -0.15) is 4.31 Å². The molecule has 0 amide bonds. The van der Waals surface area contributed by atoms with Gasteiger partial charge < -0.3 is 4.90 Å². The first-order valence-electron chi connectivity index (χ1n) is 9.12. The number of piperazine rings is 1. The summed E-state index contributed by atoms with van der Waals surface area (Å²) in [7, 11) is -3.86. The van der Waals surface area contributed by atoms with E-state index < -0.39 is 14.9 Å². The Morgan fingerprint density at radius 1 is 0.963 bits per heavy atom.